The zero-order valence-electron chi connectivity index (χ0n) is 6.55. The van der Waals surface area contributed by atoms with Crippen LogP contribution in [0.4, 0.5) is 0 Å². The van der Waals surface area contributed by atoms with Crippen LogP contribution in [0, 0.1) is 0 Å². The van der Waals surface area contributed by atoms with Crippen molar-refractivity contribution in [2.75, 3.05) is 31.1 Å². The summed E-state index contributed by atoms with van der Waals surface area (Å²) in [6.07, 6.45) is 0.521. The second kappa shape index (κ2) is 5.80. The highest BCUT2D eigenvalue weighted by molar-refractivity contribution is 7.91. The number of methoxy groups -OCH3 is 1. The average Bonchev–Trinajstić information content (AvgIpc) is 1.97. The summed E-state index contributed by atoms with van der Waals surface area (Å²) in [7, 11) is -1.43. The number of halogens is 1. The first-order chi connectivity index (χ1) is 5.12. The fraction of sp³-hybridized carbons (Fsp3) is 1.00. The molecule has 3 nitrogen and oxygen atoms in total. The molecule has 0 aliphatic rings. The average molecular weight is 201 g/mol. The van der Waals surface area contributed by atoms with Crippen LogP contribution in [0.15, 0.2) is 0 Å². The van der Waals surface area contributed by atoms with Gasteiger partial charge in [0.15, 0.2) is 9.84 Å². The molecule has 0 radical (unpaired) electrons. The lowest BCUT2D eigenvalue weighted by Gasteiger charge is -2.00. The third kappa shape index (κ3) is 6.59. The molecular formula is C6H13ClO3S. The second-order valence-electron chi connectivity index (χ2n) is 2.19. The molecule has 0 spiro atoms. The minimum absolute atomic E-state index is 0.0976. The second-order valence-corrected chi connectivity index (χ2v) is 4.87. The molecule has 0 aliphatic heterocycles. The van der Waals surface area contributed by atoms with Crippen LogP contribution in [-0.2, 0) is 14.6 Å². The quantitative estimate of drug-likeness (QED) is 0.593. The molecule has 0 bridgehead atoms. The van der Waals surface area contributed by atoms with Gasteiger partial charge in [-0.25, -0.2) is 8.42 Å². The van der Waals surface area contributed by atoms with Gasteiger partial charge in [0.05, 0.1) is 18.1 Å². The van der Waals surface area contributed by atoms with Gasteiger partial charge in [-0.2, -0.15) is 0 Å². The number of hydrogen-bond donors (Lipinski definition) is 0. The highest BCUT2D eigenvalue weighted by atomic mass is 35.5. The van der Waals surface area contributed by atoms with Crippen molar-refractivity contribution in [1.82, 2.24) is 0 Å². The van der Waals surface area contributed by atoms with Crippen LogP contribution in [0.5, 0.6) is 0 Å². The molecule has 0 heterocycles. The van der Waals surface area contributed by atoms with Crippen molar-refractivity contribution in [2.24, 2.45) is 0 Å². The van der Waals surface area contributed by atoms with Crippen molar-refractivity contribution in [3.8, 4) is 0 Å². The molecular weight excluding hydrogens is 188 g/mol. The van der Waals surface area contributed by atoms with E-state index < -0.39 is 9.84 Å². The van der Waals surface area contributed by atoms with Crippen LogP contribution in [0.3, 0.4) is 0 Å². The largest absolute Gasteiger partial charge is 0.384 e. The van der Waals surface area contributed by atoms with E-state index in [1.807, 2.05) is 0 Å². The predicted molar refractivity (Wildman–Crippen MR) is 45.9 cm³/mol. The Bertz CT molecular complexity index is 162. The first-order valence-corrected chi connectivity index (χ1v) is 5.73. The summed E-state index contributed by atoms with van der Waals surface area (Å²) in [6, 6.07) is 0. The first kappa shape index (κ1) is 11.2. The highest BCUT2D eigenvalue weighted by Gasteiger charge is 2.08. The van der Waals surface area contributed by atoms with Crippen LogP contribution >= 0.6 is 11.6 Å². The Kier molecular flexibility index (Phi) is 5.91. The van der Waals surface area contributed by atoms with Gasteiger partial charge in [-0.3, -0.25) is 0 Å². The summed E-state index contributed by atoms with van der Waals surface area (Å²) < 4.78 is 26.7. The van der Waals surface area contributed by atoms with Gasteiger partial charge in [-0.15, -0.1) is 11.6 Å². The van der Waals surface area contributed by atoms with Crippen molar-refractivity contribution >= 4 is 21.4 Å². The molecule has 0 amide bonds. The summed E-state index contributed by atoms with van der Waals surface area (Å²) in [5.74, 6) is 0.659. The Morgan fingerprint density at radius 2 is 2.00 bits per heavy atom. The van der Waals surface area contributed by atoms with E-state index in [9.17, 15) is 8.42 Å². The van der Waals surface area contributed by atoms with E-state index in [2.05, 4.69) is 4.74 Å². The van der Waals surface area contributed by atoms with Crippen molar-refractivity contribution in [1.29, 1.82) is 0 Å². The Balaban J connectivity index is 3.63. The molecule has 11 heavy (non-hydrogen) atoms. The van der Waals surface area contributed by atoms with Crippen LogP contribution in [0.25, 0.3) is 0 Å². The van der Waals surface area contributed by atoms with Gasteiger partial charge in [-0.1, -0.05) is 0 Å². The predicted octanol–water partition coefficient (Wildman–Crippen LogP) is 0.676. The molecule has 0 rings (SSSR count). The molecule has 0 aromatic carbocycles. The van der Waals surface area contributed by atoms with Crippen LogP contribution < -0.4 is 0 Å². The smallest absolute Gasteiger partial charge is 0.152 e. The maximum Gasteiger partial charge on any atom is 0.152 e. The number of sulfone groups is 1. The van der Waals surface area contributed by atoms with Crippen LogP contribution in [0.2, 0.25) is 0 Å². The van der Waals surface area contributed by atoms with Crippen LogP contribution in [0.1, 0.15) is 6.42 Å². The van der Waals surface area contributed by atoms with E-state index in [1.165, 1.54) is 7.11 Å². The molecule has 0 N–H and O–H groups in total. The van der Waals surface area contributed by atoms with Gasteiger partial charge >= 0.3 is 0 Å². The van der Waals surface area contributed by atoms with Crippen molar-refractivity contribution in [2.45, 2.75) is 6.42 Å². The topological polar surface area (TPSA) is 43.4 Å². The van der Waals surface area contributed by atoms with E-state index in [0.29, 0.717) is 12.3 Å². The Hall–Kier alpha value is 0.200. The number of rotatable bonds is 6. The van der Waals surface area contributed by atoms with Crippen molar-refractivity contribution in [3.63, 3.8) is 0 Å². The maximum atomic E-state index is 11.0. The standard InChI is InChI=1S/C6H13ClO3S/c1-10-4-6-11(8,9)5-2-3-7/h2-6H2,1H3. The normalized spacial score (nSPS) is 11.8. The highest BCUT2D eigenvalue weighted by Crippen LogP contribution is 1.95. The molecule has 0 saturated heterocycles. The molecule has 5 heteroatoms. The minimum Gasteiger partial charge on any atom is -0.384 e. The lowest BCUT2D eigenvalue weighted by Crippen LogP contribution is -2.15. The lowest BCUT2D eigenvalue weighted by atomic mass is 10.6. The van der Waals surface area contributed by atoms with E-state index in [4.69, 9.17) is 11.6 Å². The van der Waals surface area contributed by atoms with E-state index >= 15 is 0 Å². The van der Waals surface area contributed by atoms with Gasteiger partial charge in [0.25, 0.3) is 0 Å². The Morgan fingerprint density at radius 3 is 2.45 bits per heavy atom. The molecule has 0 aliphatic carbocycles. The van der Waals surface area contributed by atoms with Gasteiger partial charge < -0.3 is 4.74 Å². The summed E-state index contributed by atoms with van der Waals surface area (Å²) in [6.45, 7) is 0.268. The summed E-state index contributed by atoms with van der Waals surface area (Å²) in [5.41, 5.74) is 0. The van der Waals surface area contributed by atoms with Gasteiger partial charge in [-0.05, 0) is 6.42 Å². The van der Waals surface area contributed by atoms with Gasteiger partial charge in [0, 0.05) is 13.0 Å². The number of hydrogen-bond acceptors (Lipinski definition) is 3. The molecule has 0 aromatic rings. The molecule has 0 saturated carbocycles. The minimum atomic E-state index is -2.92. The first-order valence-electron chi connectivity index (χ1n) is 3.37. The molecule has 0 fully saturated rings. The molecule has 0 aromatic heterocycles. The molecule has 0 unspecified atom stereocenters. The van der Waals surface area contributed by atoms with E-state index in [1.54, 1.807) is 0 Å². The fourth-order valence-corrected chi connectivity index (χ4v) is 2.09. The van der Waals surface area contributed by atoms with Crippen molar-refractivity contribution in [3.05, 3.63) is 0 Å². The maximum absolute atomic E-state index is 11.0. The van der Waals surface area contributed by atoms with E-state index in [-0.39, 0.29) is 18.1 Å². The fourth-order valence-electron chi connectivity index (χ4n) is 0.587. The van der Waals surface area contributed by atoms with Crippen LogP contribution in [-0.4, -0.2) is 39.5 Å². The number of alkyl halides is 1. The zero-order chi connectivity index (χ0) is 8.74. The van der Waals surface area contributed by atoms with Gasteiger partial charge in [0.1, 0.15) is 0 Å². The Morgan fingerprint density at radius 1 is 1.36 bits per heavy atom. The molecule has 68 valence electrons. The molecule has 0 atom stereocenters. The zero-order valence-corrected chi connectivity index (χ0v) is 8.12. The monoisotopic (exact) mass is 200 g/mol. The number of ether oxygens (including phenoxy) is 1. The summed E-state index contributed by atoms with van der Waals surface area (Å²) in [5, 5.41) is 0. The summed E-state index contributed by atoms with van der Waals surface area (Å²) >= 11 is 5.35. The third-order valence-corrected chi connectivity index (χ3v) is 3.15. The van der Waals surface area contributed by atoms with Gasteiger partial charge in [0.2, 0.25) is 0 Å². The van der Waals surface area contributed by atoms with E-state index in [0.717, 1.165) is 0 Å². The summed E-state index contributed by atoms with van der Waals surface area (Å²) in [4.78, 5) is 0. The van der Waals surface area contributed by atoms with Crippen molar-refractivity contribution < 1.29 is 13.2 Å². The third-order valence-electron chi connectivity index (χ3n) is 1.19. The Labute approximate surface area is 72.6 Å². The lowest BCUT2D eigenvalue weighted by molar-refractivity contribution is 0.217. The SMILES string of the molecule is COCCS(=O)(=O)CCCCl.